The number of piperidine rings is 1. The molecule has 0 aliphatic carbocycles. The Labute approximate surface area is 158 Å². The second-order valence-corrected chi connectivity index (χ2v) is 7.09. The van der Waals surface area contributed by atoms with E-state index in [0.717, 1.165) is 30.6 Å². The summed E-state index contributed by atoms with van der Waals surface area (Å²) in [5.41, 5.74) is 2.47. The van der Waals surface area contributed by atoms with Crippen molar-refractivity contribution < 1.29 is 4.79 Å². The predicted molar refractivity (Wildman–Crippen MR) is 102 cm³/mol. The highest BCUT2D eigenvalue weighted by Crippen LogP contribution is 2.33. The maximum Gasteiger partial charge on any atom is 0.255 e. The van der Waals surface area contributed by atoms with Gasteiger partial charge in [-0.2, -0.15) is 5.26 Å². The van der Waals surface area contributed by atoms with E-state index in [0.29, 0.717) is 24.2 Å². The van der Waals surface area contributed by atoms with Crippen molar-refractivity contribution in [2.45, 2.75) is 26.2 Å². The molecule has 1 amide bonds. The first-order valence-corrected chi connectivity index (χ1v) is 9.25. The number of imidazole rings is 1. The molecule has 6 heteroatoms. The molecule has 1 aromatic carbocycles. The molecule has 0 bridgehead atoms. The van der Waals surface area contributed by atoms with Crippen molar-refractivity contribution in [3.63, 3.8) is 0 Å². The van der Waals surface area contributed by atoms with E-state index in [1.165, 1.54) is 0 Å². The zero-order valence-electron chi connectivity index (χ0n) is 15.3. The molecule has 0 radical (unpaired) electrons. The van der Waals surface area contributed by atoms with E-state index < -0.39 is 5.41 Å². The summed E-state index contributed by atoms with van der Waals surface area (Å²) in [7, 11) is 0. The number of hydrogen-bond donors (Lipinski definition) is 0. The van der Waals surface area contributed by atoms with Gasteiger partial charge in [0.15, 0.2) is 5.65 Å². The van der Waals surface area contributed by atoms with Crippen molar-refractivity contribution in [1.82, 2.24) is 19.4 Å². The van der Waals surface area contributed by atoms with E-state index in [1.807, 2.05) is 41.8 Å². The number of fused-ring (bicyclic) bond motifs is 1. The van der Waals surface area contributed by atoms with E-state index in [2.05, 4.69) is 16.0 Å². The minimum atomic E-state index is -0.430. The van der Waals surface area contributed by atoms with Gasteiger partial charge in [0.05, 0.1) is 17.0 Å². The molecular formula is C21H21N5O. The molecule has 3 heterocycles. The molecular weight excluding hydrogens is 338 g/mol. The SMILES string of the molecule is CCC1(C#N)CCCN(C(=O)c2cnc3c(c2)ncn3-c2ccccc2)C1. The van der Waals surface area contributed by atoms with Gasteiger partial charge in [0.25, 0.3) is 5.91 Å². The Bertz CT molecular complexity index is 1020. The quantitative estimate of drug-likeness (QED) is 0.716. The van der Waals surface area contributed by atoms with Crippen molar-refractivity contribution in [2.24, 2.45) is 5.41 Å². The van der Waals surface area contributed by atoms with Crippen LogP contribution in [0.4, 0.5) is 0 Å². The largest absolute Gasteiger partial charge is 0.337 e. The molecule has 136 valence electrons. The summed E-state index contributed by atoms with van der Waals surface area (Å²) in [6.07, 6.45) is 5.79. The zero-order chi connectivity index (χ0) is 18.9. The molecule has 2 aromatic heterocycles. The van der Waals surface area contributed by atoms with Crippen molar-refractivity contribution >= 4 is 17.1 Å². The lowest BCUT2D eigenvalue weighted by Crippen LogP contribution is -2.45. The Hall–Kier alpha value is -3.20. The molecule has 0 N–H and O–H groups in total. The molecule has 27 heavy (non-hydrogen) atoms. The summed E-state index contributed by atoms with van der Waals surface area (Å²) in [6, 6.07) is 14.1. The molecule has 3 aromatic rings. The normalized spacial score (nSPS) is 19.8. The van der Waals surface area contributed by atoms with Crippen LogP contribution in [-0.2, 0) is 0 Å². The van der Waals surface area contributed by atoms with E-state index in [9.17, 15) is 10.1 Å². The predicted octanol–water partition coefficient (Wildman–Crippen LogP) is 3.58. The van der Waals surface area contributed by atoms with Crippen LogP contribution in [0, 0.1) is 16.7 Å². The summed E-state index contributed by atoms with van der Waals surface area (Å²) >= 11 is 0. The van der Waals surface area contributed by atoms with Gasteiger partial charge in [-0.25, -0.2) is 9.97 Å². The smallest absolute Gasteiger partial charge is 0.255 e. The van der Waals surface area contributed by atoms with Crippen LogP contribution in [0.1, 0.15) is 36.5 Å². The van der Waals surface area contributed by atoms with E-state index in [4.69, 9.17) is 0 Å². The van der Waals surface area contributed by atoms with Crippen LogP contribution in [0.5, 0.6) is 0 Å². The number of nitriles is 1. The minimum absolute atomic E-state index is 0.0774. The fraction of sp³-hybridized carbons (Fsp3) is 0.333. The van der Waals surface area contributed by atoms with Gasteiger partial charge in [-0.05, 0) is 37.5 Å². The monoisotopic (exact) mass is 359 g/mol. The number of benzene rings is 1. The van der Waals surface area contributed by atoms with Crippen molar-refractivity contribution in [3.8, 4) is 11.8 Å². The fourth-order valence-electron chi connectivity index (χ4n) is 3.74. The lowest BCUT2D eigenvalue weighted by Gasteiger charge is -2.37. The fourth-order valence-corrected chi connectivity index (χ4v) is 3.74. The van der Waals surface area contributed by atoms with Gasteiger partial charge in [0, 0.05) is 25.0 Å². The maximum atomic E-state index is 13.0. The standard InChI is InChI=1S/C21H21N5O/c1-2-21(13-22)9-6-10-25(14-21)20(27)16-11-18-19(23-12-16)26(15-24-18)17-7-4-3-5-8-17/h3-5,7-8,11-12,15H,2,6,9-10,14H2,1H3. The van der Waals surface area contributed by atoms with Crippen LogP contribution < -0.4 is 0 Å². The van der Waals surface area contributed by atoms with Crippen LogP contribution in [0.2, 0.25) is 0 Å². The molecule has 1 aliphatic heterocycles. The van der Waals surface area contributed by atoms with Gasteiger partial charge < -0.3 is 4.90 Å². The summed E-state index contributed by atoms with van der Waals surface area (Å²) in [5, 5.41) is 9.55. The molecule has 1 unspecified atom stereocenters. The average molecular weight is 359 g/mol. The Kier molecular flexibility index (Phi) is 4.36. The third-order valence-electron chi connectivity index (χ3n) is 5.45. The molecule has 1 atom stereocenters. The van der Waals surface area contributed by atoms with Crippen LogP contribution in [-0.4, -0.2) is 38.4 Å². The second kappa shape index (κ2) is 6.84. The third-order valence-corrected chi connectivity index (χ3v) is 5.45. The van der Waals surface area contributed by atoms with Gasteiger partial charge in [-0.15, -0.1) is 0 Å². The first-order chi connectivity index (χ1) is 13.2. The lowest BCUT2D eigenvalue weighted by atomic mass is 9.79. The zero-order valence-corrected chi connectivity index (χ0v) is 15.3. The van der Waals surface area contributed by atoms with E-state index in [-0.39, 0.29) is 5.91 Å². The van der Waals surface area contributed by atoms with Crippen molar-refractivity contribution in [2.75, 3.05) is 13.1 Å². The summed E-state index contributed by atoms with van der Waals surface area (Å²) in [4.78, 5) is 23.7. The number of rotatable bonds is 3. The lowest BCUT2D eigenvalue weighted by molar-refractivity contribution is 0.0604. The number of para-hydroxylation sites is 1. The number of aromatic nitrogens is 3. The number of hydrogen-bond acceptors (Lipinski definition) is 4. The minimum Gasteiger partial charge on any atom is -0.337 e. The Balaban J connectivity index is 1.63. The Morgan fingerprint density at radius 1 is 1.30 bits per heavy atom. The highest BCUT2D eigenvalue weighted by atomic mass is 16.2. The number of amides is 1. The van der Waals surface area contributed by atoms with Gasteiger partial charge in [0.2, 0.25) is 0 Å². The number of carbonyl (C=O) groups excluding carboxylic acids is 1. The molecule has 0 saturated carbocycles. The number of pyridine rings is 1. The molecule has 0 spiro atoms. The maximum absolute atomic E-state index is 13.0. The summed E-state index contributed by atoms with van der Waals surface area (Å²) in [5.74, 6) is -0.0774. The molecule has 1 aliphatic rings. The van der Waals surface area contributed by atoms with Crippen LogP contribution in [0.15, 0.2) is 48.9 Å². The first-order valence-electron chi connectivity index (χ1n) is 9.25. The molecule has 1 fully saturated rings. The highest BCUT2D eigenvalue weighted by Gasteiger charge is 2.36. The molecule has 1 saturated heterocycles. The van der Waals surface area contributed by atoms with Crippen molar-refractivity contribution in [1.29, 1.82) is 5.26 Å². The van der Waals surface area contributed by atoms with Crippen LogP contribution in [0.3, 0.4) is 0 Å². The van der Waals surface area contributed by atoms with Gasteiger partial charge in [-0.1, -0.05) is 25.1 Å². The summed E-state index contributed by atoms with van der Waals surface area (Å²) < 4.78 is 1.91. The van der Waals surface area contributed by atoms with E-state index in [1.54, 1.807) is 23.5 Å². The Morgan fingerprint density at radius 3 is 2.85 bits per heavy atom. The second-order valence-electron chi connectivity index (χ2n) is 7.09. The van der Waals surface area contributed by atoms with Crippen LogP contribution >= 0.6 is 0 Å². The molecule has 4 rings (SSSR count). The van der Waals surface area contributed by atoms with Gasteiger partial charge in [0.1, 0.15) is 11.8 Å². The number of nitrogens with zero attached hydrogens (tertiary/aromatic N) is 5. The van der Waals surface area contributed by atoms with E-state index >= 15 is 0 Å². The highest BCUT2D eigenvalue weighted by molar-refractivity contribution is 5.96. The topological polar surface area (TPSA) is 74.8 Å². The molecule has 6 nitrogen and oxygen atoms in total. The Morgan fingerprint density at radius 2 is 2.11 bits per heavy atom. The number of likely N-dealkylation sites (tertiary alicyclic amines) is 1. The first kappa shape index (κ1) is 17.2. The summed E-state index contributed by atoms with van der Waals surface area (Å²) in [6.45, 7) is 3.18. The van der Waals surface area contributed by atoms with Crippen LogP contribution in [0.25, 0.3) is 16.9 Å². The van der Waals surface area contributed by atoms with Gasteiger partial charge >= 0.3 is 0 Å². The average Bonchev–Trinajstić information content (AvgIpc) is 3.17. The van der Waals surface area contributed by atoms with Crippen molar-refractivity contribution in [3.05, 3.63) is 54.5 Å². The number of carbonyl (C=O) groups is 1. The third kappa shape index (κ3) is 3.06. The van der Waals surface area contributed by atoms with Gasteiger partial charge in [-0.3, -0.25) is 9.36 Å².